The lowest BCUT2D eigenvalue weighted by Gasteiger charge is -2.08. The van der Waals surface area contributed by atoms with Crippen LogP contribution >= 0.6 is 0 Å². The summed E-state index contributed by atoms with van der Waals surface area (Å²) in [5.41, 5.74) is 0. The van der Waals surface area contributed by atoms with Crippen molar-refractivity contribution in [2.45, 2.75) is 20.3 Å². The molecule has 0 aromatic carbocycles. The van der Waals surface area contributed by atoms with Gasteiger partial charge in [0, 0.05) is 18.8 Å². The number of anilines is 1. The van der Waals surface area contributed by atoms with Crippen molar-refractivity contribution in [3.8, 4) is 5.88 Å². The Hall–Kier alpha value is -1.65. The highest BCUT2D eigenvalue weighted by atomic mass is 16.5. The van der Waals surface area contributed by atoms with Gasteiger partial charge in [-0.3, -0.25) is 4.79 Å². The van der Waals surface area contributed by atoms with E-state index in [1.165, 1.54) is 19.5 Å². The van der Waals surface area contributed by atoms with E-state index >= 15 is 0 Å². The SMILES string of the molecule is COc1nccnc1NC(=O)CC(C)C. The molecule has 15 heavy (non-hydrogen) atoms. The number of aromatic nitrogens is 2. The molecule has 0 fully saturated rings. The first-order chi connectivity index (χ1) is 7.13. The van der Waals surface area contributed by atoms with Crippen molar-refractivity contribution in [1.82, 2.24) is 9.97 Å². The predicted molar refractivity (Wildman–Crippen MR) is 56.7 cm³/mol. The smallest absolute Gasteiger partial charge is 0.257 e. The topological polar surface area (TPSA) is 64.1 Å². The second-order valence-electron chi connectivity index (χ2n) is 3.56. The quantitative estimate of drug-likeness (QED) is 0.815. The Morgan fingerprint density at radius 3 is 2.73 bits per heavy atom. The van der Waals surface area contributed by atoms with Gasteiger partial charge in [0.2, 0.25) is 5.91 Å². The predicted octanol–water partition coefficient (Wildman–Crippen LogP) is 1.47. The van der Waals surface area contributed by atoms with Crippen molar-refractivity contribution < 1.29 is 9.53 Å². The fraction of sp³-hybridized carbons (Fsp3) is 0.500. The third-order valence-electron chi connectivity index (χ3n) is 1.71. The molecule has 5 nitrogen and oxygen atoms in total. The average molecular weight is 209 g/mol. The molecule has 0 aliphatic heterocycles. The second-order valence-corrected chi connectivity index (χ2v) is 3.56. The molecular formula is C10H15N3O2. The van der Waals surface area contributed by atoms with Gasteiger partial charge < -0.3 is 10.1 Å². The molecular weight excluding hydrogens is 194 g/mol. The minimum absolute atomic E-state index is 0.0798. The van der Waals surface area contributed by atoms with E-state index in [4.69, 9.17) is 4.74 Å². The van der Waals surface area contributed by atoms with E-state index in [1.54, 1.807) is 0 Å². The summed E-state index contributed by atoms with van der Waals surface area (Å²) in [5, 5.41) is 2.66. The number of rotatable bonds is 4. The van der Waals surface area contributed by atoms with Crippen LogP contribution in [-0.2, 0) is 4.79 Å². The summed E-state index contributed by atoms with van der Waals surface area (Å²) in [5.74, 6) is 0.928. The fourth-order valence-electron chi connectivity index (χ4n) is 1.11. The highest BCUT2D eigenvalue weighted by molar-refractivity contribution is 5.90. The normalized spacial score (nSPS) is 10.1. The van der Waals surface area contributed by atoms with Crippen molar-refractivity contribution in [2.24, 2.45) is 5.92 Å². The largest absolute Gasteiger partial charge is 0.478 e. The van der Waals surface area contributed by atoms with E-state index in [-0.39, 0.29) is 5.91 Å². The average Bonchev–Trinajstić information content (AvgIpc) is 2.17. The van der Waals surface area contributed by atoms with Gasteiger partial charge in [-0.15, -0.1) is 0 Å². The Labute approximate surface area is 88.9 Å². The number of carbonyl (C=O) groups is 1. The Balaban J connectivity index is 2.67. The standard InChI is InChI=1S/C10H15N3O2/c1-7(2)6-8(14)13-9-10(15-3)12-5-4-11-9/h4-5,7H,6H2,1-3H3,(H,11,13,14). The van der Waals surface area contributed by atoms with Crippen LogP contribution in [0.4, 0.5) is 5.82 Å². The minimum atomic E-state index is -0.0798. The third kappa shape index (κ3) is 3.53. The maximum atomic E-state index is 11.5. The Bertz CT molecular complexity index is 339. The maximum Gasteiger partial charge on any atom is 0.257 e. The van der Waals surface area contributed by atoms with Gasteiger partial charge >= 0.3 is 0 Å². The van der Waals surface area contributed by atoms with Gasteiger partial charge in [0.1, 0.15) is 0 Å². The first-order valence-corrected chi connectivity index (χ1v) is 4.78. The molecule has 82 valence electrons. The van der Waals surface area contributed by atoms with Crippen molar-refractivity contribution >= 4 is 11.7 Å². The highest BCUT2D eigenvalue weighted by Gasteiger charge is 2.10. The van der Waals surface area contributed by atoms with Crippen LogP contribution in [0, 0.1) is 5.92 Å². The summed E-state index contributed by atoms with van der Waals surface area (Å²) in [6.45, 7) is 3.96. The van der Waals surface area contributed by atoms with Gasteiger partial charge in [0.25, 0.3) is 5.88 Å². The lowest BCUT2D eigenvalue weighted by molar-refractivity contribution is -0.116. The van der Waals surface area contributed by atoms with Crippen LogP contribution < -0.4 is 10.1 Å². The first-order valence-electron chi connectivity index (χ1n) is 4.78. The monoisotopic (exact) mass is 209 g/mol. The van der Waals surface area contributed by atoms with Crippen molar-refractivity contribution in [2.75, 3.05) is 12.4 Å². The highest BCUT2D eigenvalue weighted by Crippen LogP contribution is 2.16. The maximum absolute atomic E-state index is 11.5. The van der Waals surface area contributed by atoms with Gasteiger partial charge in [-0.2, -0.15) is 0 Å². The summed E-state index contributed by atoms with van der Waals surface area (Å²) in [6, 6.07) is 0. The number of carbonyl (C=O) groups excluding carboxylic acids is 1. The van der Waals surface area contributed by atoms with Gasteiger partial charge in [-0.25, -0.2) is 9.97 Å². The molecule has 0 saturated carbocycles. The Kier molecular flexibility index (Phi) is 4.03. The van der Waals surface area contributed by atoms with Gasteiger partial charge in [0.15, 0.2) is 5.82 Å². The molecule has 1 heterocycles. The molecule has 0 bridgehead atoms. The Morgan fingerprint density at radius 1 is 1.47 bits per heavy atom. The number of nitrogens with one attached hydrogen (secondary N) is 1. The zero-order chi connectivity index (χ0) is 11.3. The van der Waals surface area contributed by atoms with Crippen LogP contribution in [0.2, 0.25) is 0 Å². The number of methoxy groups -OCH3 is 1. The zero-order valence-corrected chi connectivity index (χ0v) is 9.15. The third-order valence-corrected chi connectivity index (χ3v) is 1.71. The number of nitrogens with zero attached hydrogens (tertiary/aromatic N) is 2. The molecule has 1 amide bonds. The summed E-state index contributed by atoms with van der Waals surface area (Å²) < 4.78 is 4.96. The lowest BCUT2D eigenvalue weighted by Crippen LogP contribution is -2.15. The molecule has 0 unspecified atom stereocenters. The fourth-order valence-corrected chi connectivity index (χ4v) is 1.11. The van der Waals surface area contributed by atoms with Gasteiger partial charge in [-0.1, -0.05) is 13.8 Å². The molecule has 1 N–H and O–H groups in total. The van der Waals surface area contributed by atoms with E-state index in [0.29, 0.717) is 24.0 Å². The van der Waals surface area contributed by atoms with E-state index in [9.17, 15) is 4.79 Å². The van der Waals surface area contributed by atoms with E-state index in [2.05, 4.69) is 15.3 Å². The first kappa shape index (κ1) is 11.4. The van der Waals surface area contributed by atoms with E-state index in [1.807, 2.05) is 13.8 Å². The lowest BCUT2D eigenvalue weighted by atomic mass is 10.1. The minimum Gasteiger partial charge on any atom is -0.478 e. The number of amides is 1. The number of hydrogen-bond acceptors (Lipinski definition) is 4. The summed E-state index contributed by atoms with van der Waals surface area (Å²) in [4.78, 5) is 19.4. The molecule has 0 aliphatic carbocycles. The molecule has 0 spiro atoms. The zero-order valence-electron chi connectivity index (χ0n) is 9.15. The van der Waals surface area contributed by atoms with Crippen LogP contribution in [0.15, 0.2) is 12.4 Å². The number of hydrogen-bond donors (Lipinski definition) is 1. The van der Waals surface area contributed by atoms with Crippen LogP contribution in [0.25, 0.3) is 0 Å². The van der Waals surface area contributed by atoms with Crippen LogP contribution in [-0.4, -0.2) is 23.0 Å². The molecule has 1 rings (SSSR count). The summed E-state index contributed by atoms with van der Waals surface area (Å²) in [7, 11) is 1.49. The molecule has 0 atom stereocenters. The van der Waals surface area contributed by atoms with Crippen molar-refractivity contribution in [3.63, 3.8) is 0 Å². The summed E-state index contributed by atoms with van der Waals surface area (Å²) in [6.07, 6.45) is 3.48. The van der Waals surface area contributed by atoms with E-state index < -0.39 is 0 Å². The molecule has 1 aromatic rings. The van der Waals surface area contributed by atoms with Crippen LogP contribution in [0.1, 0.15) is 20.3 Å². The van der Waals surface area contributed by atoms with Crippen LogP contribution in [0.3, 0.4) is 0 Å². The van der Waals surface area contributed by atoms with Gasteiger partial charge in [-0.05, 0) is 5.92 Å². The van der Waals surface area contributed by atoms with Crippen molar-refractivity contribution in [1.29, 1.82) is 0 Å². The summed E-state index contributed by atoms with van der Waals surface area (Å²) >= 11 is 0. The molecule has 5 heteroatoms. The molecule has 0 saturated heterocycles. The molecule has 0 radical (unpaired) electrons. The van der Waals surface area contributed by atoms with Gasteiger partial charge in [0.05, 0.1) is 7.11 Å². The van der Waals surface area contributed by atoms with Crippen LogP contribution in [0.5, 0.6) is 5.88 Å². The Morgan fingerprint density at radius 2 is 2.13 bits per heavy atom. The van der Waals surface area contributed by atoms with E-state index in [0.717, 1.165) is 0 Å². The van der Waals surface area contributed by atoms with Crippen molar-refractivity contribution in [3.05, 3.63) is 12.4 Å². The second kappa shape index (κ2) is 5.29. The molecule has 1 aromatic heterocycles. The molecule has 0 aliphatic rings. The number of ether oxygens (including phenoxy) is 1.